The Morgan fingerprint density at radius 2 is 1.76 bits per heavy atom. The van der Waals surface area contributed by atoms with Crippen molar-refractivity contribution in [2.75, 3.05) is 0 Å². The first-order chi connectivity index (χ1) is 9.95. The number of alkyl halides is 3. The van der Waals surface area contributed by atoms with Gasteiger partial charge in [0.05, 0.1) is 15.0 Å². The van der Waals surface area contributed by atoms with E-state index in [0.29, 0.717) is 17.8 Å². The summed E-state index contributed by atoms with van der Waals surface area (Å²) in [6, 6.07) is 4.26. The minimum atomic E-state index is -4.38. The number of rotatable bonds is 3. The molecule has 2 aliphatic rings. The lowest BCUT2D eigenvalue weighted by Crippen LogP contribution is -2.42. The van der Waals surface area contributed by atoms with Gasteiger partial charge in [-0.2, -0.15) is 13.2 Å². The van der Waals surface area contributed by atoms with Crippen LogP contribution < -0.4 is 14.6 Å². The van der Waals surface area contributed by atoms with Gasteiger partial charge < -0.3 is 14.6 Å². The first kappa shape index (κ1) is 14.9. The zero-order valence-corrected chi connectivity index (χ0v) is 12.5. The molecule has 0 aromatic heterocycles. The Morgan fingerprint density at radius 3 is 2.33 bits per heavy atom. The van der Waals surface area contributed by atoms with Crippen LogP contribution in [0.1, 0.15) is 31.2 Å². The van der Waals surface area contributed by atoms with Gasteiger partial charge in [0.15, 0.2) is 11.5 Å². The van der Waals surface area contributed by atoms with Gasteiger partial charge in [-0.05, 0) is 43.9 Å². The summed E-state index contributed by atoms with van der Waals surface area (Å²) in [5, 5.41) is 3.50. The van der Waals surface area contributed by atoms with Crippen molar-refractivity contribution >= 4 is 9.47 Å². The Kier molecular flexibility index (Phi) is 4.02. The maximum Gasteiger partial charge on any atom is 0.416 e. The topological polar surface area (TPSA) is 30.5 Å². The second-order valence-electron chi connectivity index (χ2n) is 5.63. The zero-order valence-electron chi connectivity index (χ0n) is 11.3. The van der Waals surface area contributed by atoms with Crippen LogP contribution in [0.3, 0.4) is 0 Å². The number of halogens is 3. The Hall–Kier alpha value is -1.00. The van der Waals surface area contributed by atoms with Crippen LogP contribution >= 0.6 is 9.47 Å². The lowest BCUT2D eigenvalue weighted by atomic mass is 10.0. The van der Waals surface area contributed by atoms with Crippen molar-refractivity contribution in [3.05, 3.63) is 23.8 Å². The van der Waals surface area contributed by atoms with Crippen LogP contribution in [0, 0.1) is 0 Å². The summed E-state index contributed by atoms with van der Waals surface area (Å²) in [6.07, 6.45) is -0.305. The molecule has 2 heterocycles. The van der Waals surface area contributed by atoms with Gasteiger partial charge >= 0.3 is 6.18 Å². The van der Waals surface area contributed by atoms with Gasteiger partial charge in [-0.25, -0.2) is 0 Å². The Labute approximate surface area is 123 Å². The fraction of sp³-hybridized carbons (Fsp3) is 0.571. The van der Waals surface area contributed by atoms with E-state index in [9.17, 15) is 13.2 Å². The SMILES string of the molecule is FC(F)(F)c1ccc(OC2C[C@H]3CC[C@@H](C2)N3)c(OP)c1. The molecule has 4 atom stereocenters. The Morgan fingerprint density at radius 1 is 1.10 bits per heavy atom. The first-order valence-electron chi connectivity index (χ1n) is 6.96. The minimum absolute atomic E-state index is 0.0272. The largest absolute Gasteiger partial charge is 0.486 e. The Balaban J connectivity index is 1.76. The van der Waals surface area contributed by atoms with Crippen molar-refractivity contribution in [1.29, 1.82) is 0 Å². The Bertz CT molecular complexity index is 511. The fourth-order valence-electron chi connectivity index (χ4n) is 3.15. The van der Waals surface area contributed by atoms with E-state index in [4.69, 9.17) is 9.26 Å². The van der Waals surface area contributed by atoms with Crippen LogP contribution in [-0.4, -0.2) is 18.2 Å². The molecule has 3 nitrogen and oxygen atoms in total. The average Bonchev–Trinajstić information content (AvgIpc) is 2.77. The molecule has 1 aromatic rings. The molecule has 1 aromatic carbocycles. The van der Waals surface area contributed by atoms with Crippen molar-refractivity contribution < 1.29 is 22.4 Å². The van der Waals surface area contributed by atoms with E-state index < -0.39 is 11.7 Å². The molecule has 7 heteroatoms. The van der Waals surface area contributed by atoms with Crippen LogP contribution in [0.5, 0.6) is 11.5 Å². The third-order valence-electron chi connectivity index (χ3n) is 4.12. The third-order valence-corrected chi connectivity index (χ3v) is 4.38. The van der Waals surface area contributed by atoms with E-state index in [-0.39, 0.29) is 11.9 Å². The highest BCUT2D eigenvalue weighted by atomic mass is 31.0. The van der Waals surface area contributed by atoms with Gasteiger partial charge in [0.25, 0.3) is 0 Å². The van der Waals surface area contributed by atoms with Crippen molar-refractivity contribution in [2.45, 2.75) is 50.0 Å². The third kappa shape index (κ3) is 3.27. The molecule has 2 saturated heterocycles. The van der Waals surface area contributed by atoms with E-state index in [1.165, 1.54) is 6.07 Å². The summed E-state index contributed by atoms with van der Waals surface area (Å²) < 4.78 is 48.9. The second kappa shape index (κ2) is 5.65. The predicted octanol–water partition coefficient (Wildman–Crippen LogP) is 3.54. The van der Waals surface area contributed by atoms with Gasteiger partial charge in [0.1, 0.15) is 6.10 Å². The molecular formula is C14H17F3NO2P. The van der Waals surface area contributed by atoms with E-state index in [1.807, 2.05) is 9.47 Å². The van der Waals surface area contributed by atoms with Crippen LogP contribution in [0.25, 0.3) is 0 Å². The maximum atomic E-state index is 12.7. The minimum Gasteiger partial charge on any atom is -0.486 e. The van der Waals surface area contributed by atoms with Gasteiger partial charge in [-0.15, -0.1) is 0 Å². The fourth-order valence-corrected chi connectivity index (χ4v) is 3.34. The number of fused-ring (bicyclic) bond motifs is 2. The lowest BCUT2D eigenvalue weighted by Gasteiger charge is -2.30. The molecule has 0 saturated carbocycles. The van der Waals surface area contributed by atoms with E-state index in [0.717, 1.165) is 37.8 Å². The van der Waals surface area contributed by atoms with E-state index >= 15 is 0 Å². The summed E-state index contributed by atoms with van der Waals surface area (Å²) in [7, 11) is 1.98. The van der Waals surface area contributed by atoms with Gasteiger partial charge in [0, 0.05) is 12.1 Å². The highest BCUT2D eigenvalue weighted by Gasteiger charge is 2.35. The molecule has 0 amide bonds. The molecule has 0 spiro atoms. The number of hydrogen-bond acceptors (Lipinski definition) is 3. The number of ether oxygens (including phenoxy) is 1. The summed E-state index contributed by atoms with van der Waals surface area (Å²) in [5.74, 6) is 0.463. The van der Waals surface area contributed by atoms with Gasteiger partial charge in [-0.3, -0.25) is 0 Å². The zero-order chi connectivity index (χ0) is 15.0. The highest BCUT2D eigenvalue weighted by Crippen LogP contribution is 2.39. The van der Waals surface area contributed by atoms with Gasteiger partial charge in [0.2, 0.25) is 0 Å². The molecule has 3 rings (SSSR count). The summed E-state index contributed by atoms with van der Waals surface area (Å²) >= 11 is 0. The number of piperidine rings is 1. The molecule has 21 heavy (non-hydrogen) atoms. The van der Waals surface area contributed by atoms with Crippen LogP contribution in [0.4, 0.5) is 13.2 Å². The van der Waals surface area contributed by atoms with Crippen molar-refractivity contribution in [2.24, 2.45) is 0 Å². The van der Waals surface area contributed by atoms with Crippen LogP contribution in [0.2, 0.25) is 0 Å². The monoisotopic (exact) mass is 319 g/mol. The van der Waals surface area contributed by atoms with Crippen molar-refractivity contribution in [3.63, 3.8) is 0 Å². The average molecular weight is 319 g/mol. The second-order valence-corrected chi connectivity index (χ2v) is 5.86. The molecule has 0 aliphatic carbocycles. The summed E-state index contributed by atoms with van der Waals surface area (Å²) in [6.45, 7) is 0. The molecule has 2 bridgehead atoms. The van der Waals surface area contributed by atoms with E-state index in [1.54, 1.807) is 0 Å². The molecule has 1 N–H and O–H groups in total. The summed E-state index contributed by atoms with van der Waals surface area (Å²) in [5.41, 5.74) is -0.738. The predicted molar refractivity (Wildman–Crippen MR) is 75.4 cm³/mol. The quantitative estimate of drug-likeness (QED) is 0.865. The van der Waals surface area contributed by atoms with Crippen molar-refractivity contribution in [1.82, 2.24) is 5.32 Å². The molecule has 116 valence electrons. The molecular weight excluding hydrogens is 302 g/mol. The van der Waals surface area contributed by atoms with Crippen LogP contribution in [0.15, 0.2) is 18.2 Å². The first-order valence-corrected chi connectivity index (χ1v) is 7.43. The number of nitrogens with one attached hydrogen (secondary N) is 1. The van der Waals surface area contributed by atoms with Crippen molar-refractivity contribution in [3.8, 4) is 11.5 Å². The molecule has 2 fully saturated rings. The van der Waals surface area contributed by atoms with E-state index in [2.05, 4.69) is 5.32 Å². The standard InChI is InChI=1S/C14H17F3NO2P/c15-14(16,17)8-1-4-12(13(5-8)20-21)19-11-6-9-2-3-10(7-11)18-9/h1,4-5,9-11,18H,2-3,6-7,21H2/t9-,10+,11?. The normalized spacial score (nSPS) is 28.5. The molecule has 2 unspecified atom stereocenters. The maximum absolute atomic E-state index is 12.7. The lowest BCUT2D eigenvalue weighted by molar-refractivity contribution is -0.137. The highest BCUT2D eigenvalue weighted by molar-refractivity contribution is 7.10. The number of hydrogen-bond donors (Lipinski definition) is 1. The molecule has 0 radical (unpaired) electrons. The van der Waals surface area contributed by atoms with Gasteiger partial charge in [-0.1, -0.05) is 0 Å². The summed E-state index contributed by atoms with van der Waals surface area (Å²) in [4.78, 5) is 0. The smallest absolute Gasteiger partial charge is 0.416 e. The van der Waals surface area contributed by atoms with Crippen LogP contribution in [-0.2, 0) is 6.18 Å². The molecule has 2 aliphatic heterocycles. The number of benzene rings is 1.